The van der Waals surface area contributed by atoms with Crippen LogP contribution >= 0.6 is 0 Å². The van der Waals surface area contributed by atoms with Crippen molar-refractivity contribution in [2.45, 2.75) is 39.3 Å². The van der Waals surface area contributed by atoms with Gasteiger partial charge in [-0.25, -0.2) is 20.6 Å². The number of amides is 1. The zero-order valence-electron chi connectivity index (χ0n) is 13.2. The molecule has 0 aromatic heterocycles. The maximum absolute atomic E-state index is 11.6. The highest BCUT2D eigenvalue weighted by Crippen LogP contribution is 2.09. The molecule has 22 heavy (non-hydrogen) atoms. The minimum Gasteiger partial charge on any atom is -0.443 e. The smallest absolute Gasteiger partial charge is 0.426 e. The summed E-state index contributed by atoms with van der Waals surface area (Å²) in [6, 6.07) is 9.67. The zero-order valence-corrected chi connectivity index (χ0v) is 13.2. The molecule has 0 saturated carbocycles. The first kappa shape index (κ1) is 15.8. The third kappa shape index (κ3) is 4.47. The molecule has 1 aromatic rings. The quantitative estimate of drug-likeness (QED) is 0.690. The number of carbonyl (C=O) groups excluding carboxylic acids is 1. The molecular formula is C15H21N5O2. The number of hydrazone groups is 1. The summed E-state index contributed by atoms with van der Waals surface area (Å²) in [5, 5.41) is 4.30. The summed E-state index contributed by atoms with van der Waals surface area (Å²) < 4.78 is 5.11. The molecule has 7 heteroatoms. The fourth-order valence-corrected chi connectivity index (χ4v) is 1.88. The summed E-state index contributed by atoms with van der Waals surface area (Å²) in [7, 11) is 0. The number of hydrazine groups is 1. The third-order valence-corrected chi connectivity index (χ3v) is 2.75. The fourth-order valence-electron chi connectivity index (χ4n) is 1.88. The first-order valence-corrected chi connectivity index (χ1v) is 7.07. The Morgan fingerprint density at radius 3 is 2.55 bits per heavy atom. The Kier molecular flexibility index (Phi) is 4.65. The van der Waals surface area contributed by atoms with E-state index >= 15 is 0 Å². The molecule has 3 N–H and O–H groups in total. The second-order valence-electron chi connectivity index (χ2n) is 5.88. The van der Waals surface area contributed by atoms with Crippen LogP contribution in [0.25, 0.3) is 0 Å². The number of carbonyl (C=O) groups is 1. The number of benzene rings is 1. The van der Waals surface area contributed by atoms with Gasteiger partial charge in [-0.3, -0.25) is 5.43 Å². The van der Waals surface area contributed by atoms with Gasteiger partial charge in [-0.1, -0.05) is 30.3 Å². The van der Waals surface area contributed by atoms with E-state index in [2.05, 4.69) is 26.4 Å². The Morgan fingerprint density at radius 2 is 1.95 bits per heavy atom. The second-order valence-corrected chi connectivity index (χ2v) is 5.88. The van der Waals surface area contributed by atoms with E-state index in [-0.39, 0.29) is 6.04 Å². The van der Waals surface area contributed by atoms with Crippen molar-refractivity contribution in [3.63, 3.8) is 0 Å². The van der Waals surface area contributed by atoms with Gasteiger partial charge in [0, 0.05) is 0 Å². The zero-order chi connectivity index (χ0) is 16.2. The molecule has 0 radical (unpaired) electrons. The number of ether oxygens (including phenoxy) is 1. The molecule has 1 aliphatic rings. The summed E-state index contributed by atoms with van der Waals surface area (Å²) in [5.74, 6) is 0.359. The summed E-state index contributed by atoms with van der Waals surface area (Å²) >= 11 is 0. The van der Waals surface area contributed by atoms with Gasteiger partial charge in [-0.2, -0.15) is 5.10 Å². The molecule has 1 aliphatic heterocycles. The fraction of sp³-hybridized carbons (Fsp3) is 0.400. The first-order chi connectivity index (χ1) is 10.3. The van der Waals surface area contributed by atoms with E-state index in [0.29, 0.717) is 5.96 Å². The number of guanidine groups is 1. The number of rotatable bonds is 1. The van der Waals surface area contributed by atoms with Crippen LogP contribution in [0, 0.1) is 0 Å². The van der Waals surface area contributed by atoms with E-state index in [4.69, 9.17) is 4.74 Å². The summed E-state index contributed by atoms with van der Waals surface area (Å²) in [6.07, 6.45) is -0.581. The molecule has 118 valence electrons. The lowest BCUT2D eigenvalue weighted by molar-refractivity contribution is 0.0512. The van der Waals surface area contributed by atoms with Gasteiger partial charge in [0.25, 0.3) is 0 Å². The SMILES string of the molecule is CC1N=C(NNC(=O)OC(C)(C)C)NN=C1c1ccccc1. The van der Waals surface area contributed by atoms with Crippen molar-refractivity contribution in [2.24, 2.45) is 10.1 Å². The molecule has 1 unspecified atom stereocenters. The van der Waals surface area contributed by atoms with Crippen LogP contribution in [0.3, 0.4) is 0 Å². The first-order valence-electron chi connectivity index (χ1n) is 7.07. The van der Waals surface area contributed by atoms with Crippen molar-refractivity contribution >= 4 is 17.8 Å². The highest BCUT2D eigenvalue weighted by atomic mass is 16.6. The highest BCUT2D eigenvalue weighted by Gasteiger charge is 2.19. The van der Waals surface area contributed by atoms with Crippen LogP contribution in [-0.2, 0) is 4.74 Å². The molecule has 1 aromatic carbocycles. The molecule has 1 atom stereocenters. The summed E-state index contributed by atoms with van der Waals surface area (Å²) in [4.78, 5) is 16.0. The standard InChI is InChI=1S/C15H21N5O2/c1-10-12(11-8-6-5-7-9-11)17-18-13(16-10)19-20-14(21)22-15(2,3)4/h5-10H,1-4H3,(H,20,21)(H2,16,18,19). The molecule has 0 spiro atoms. The Bertz CT molecular complexity index is 590. The van der Waals surface area contributed by atoms with Crippen molar-refractivity contribution in [1.82, 2.24) is 16.3 Å². The van der Waals surface area contributed by atoms with E-state index in [1.54, 1.807) is 20.8 Å². The molecular weight excluding hydrogens is 282 g/mol. The van der Waals surface area contributed by atoms with Gasteiger partial charge in [0.1, 0.15) is 5.60 Å². The molecule has 0 saturated heterocycles. The Hall–Kier alpha value is -2.57. The van der Waals surface area contributed by atoms with Crippen molar-refractivity contribution in [2.75, 3.05) is 0 Å². The van der Waals surface area contributed by atoms with Crippen LogP contribution < -0.4 is 16.3 Å². The van der Waals surface area contributed by atoms with Gasteiger partial charge in [0.15, 0.2) is 0 Å². The highest BCUT2D eigenvalue weighted by molar-refractivity contribution is 6.07. The van der Waals surface area contributed by atoms with Crippen LogP contribution in [-0.4, -0.2) is 29.4 Å². The number of aliphatic imine (C=N–C) groups is 1. The minimum atomic E-state index is -0.581. The summed E-state index contributed by atoms with van der Waals surface area (Å²) in [6.45, 7) is 7.31. The van der Waals surface area contributed by atoms with Gasteiger partial charge in [-0.15, -0.1) is 0 Å². The van der Waals surface area contributed by atoms with Crippen LogP contribution in [0.5, 0.6) is 0 Å². The maximum atomic E-state index is 11.6. The maximum Gasteiger partial charge on any atom is 0.426 e. The van der Waals surface area contributed by atoms with Crippen LogP contribution in [0.2, 0.25) is 0 Å². The largest absolute Gasteiger partial charge is 0.443 e. The molecule has 1 amide bonds. The molecule has 1 heterocycles. The Balaban J connectivity index is 1.91. The lowest BCUT2D eigenvalue weighted by Gasteiger charge is -2.22. The average Bonchev–Trinajstić information content (AvgIpc) is 2.44. The van der Waals surface area contributed by atoms with E-state index in [1.165, 1.54) is 0 Å². The van der Waals surface area contributed by atoms with Gasteiger partial charge in [0.05, 0.1) is 11.8 Å². The van der Waals surface area contributed by atoms with Gasteiger partial charge in [-0.05, 0) is 33.3 Å². The number of nitrogens with one attached hydrogen (secondary N) is 3. The Labute approximate surface area is 129 Å². The monoisotopic (exact) mass is 303 g/mol. The predicted molar refractivity (Wildman–Crippen MR) is 85.5 cm³/mol. The number of hydrogen-bond acceptors (Lipinski definition) is 6. The topological polar surface area (TPSA) is 87.1 Å². The van der Waals surface area contributed by atoms with E-state index in [1.807, 2.05) is 37.3 Å². The molecule has 2 rings (SSSR count). The normalized spacial score (nSPS) is 17.7. The molecule has 0 aliphatic carbocycles. The average molecular weight is 303 g/mol. The van der Waals surface area contributed by atoms with Crippen LogP contribution in [0.4, 0.5) is 4.79 Å². The number of hydrogen-bond donors (Lipinski definition) is 3. The van der Waals surface area contributed by atoms with Crippen LogP contribution in [0.1, 0.15) is 33.3 Å². The lowest BCUT2D eigenvalue weighted by Crippen LogP contribution is -2.50. The van der Waals surface area contributed by atoms with Crippen molar-refractivity contribution in [1.29, 1.82) is 0 Å². The molecule has 7 nitrogen and oxygen atoms in total. The molecule has 0 fully saturated rings. The summed E-state index contributed by atoms with van der Waals surface area (Å²) in [5.41, 5.74) is 9.12. The predicted octanol–water partition coefficient (Wildman–Crippen LogP) is 1.77. The second kappa shape index (κ2) is 6.46. The molecule has 0 bridgehead atoms. The van der Waals surface area contributed by atoms with Crippen molar-refractivity contribution < 1.29 is 9.53 Å². The van der Waals surface area contributed by atoms with Crippen molar-refractivity contribution in [3.05, 3.63) is 35.9 Å². The minimum absolute atomic E-state index is 0.133. The van der Waals surface area contributed by atoms with E-state index in [0.717, 1.165) is 11.3 Å². The van der Waals surface area contributed by atoms with Crippen LogP contribution in [0.15, 0.2) is 40.4 Å². The lowest BCUT2D eigenvalue weighted by atomic mass is 10.0. The Morgan fingerprint density at radius 1 is 1.27 bits per heavy atom. The van der Waals surface area contributed by atoms with Crippen molar-refractivity contribution in [3.8, 4) is 0 Å². The third-order valence-electron chi connectivity index (χ3n) is 2.75. The van der Waals surface area contributed by atoms with Gasteiger partial charge in [0.2, 0.25) is 5.96 Å². The van der Waals surface area contributed by atoms with E-state index < -0.39 is 11.7 Å². The van der Waals surface area contributed by atoms with Gasteiger partial charge < -0.3 is 4.74 Å². The van der Waals surface area contributed by atoms with Gasteiger partial charge >= 0.3 is 6.09 Å². The van der Waals surface area contributed by atoms with E-state index in [9.17, 15) is 4.79 Å². The number of nitrogens with zero attached hydrogens (tertiary/aromatic N) is 2.